The van der Waals surface area contributed by atoms with Crippen LogP contribution >= 0.6 is 0 Å². The lowest BCUT2D eigenvalue weighted by Crippen LogP contribution is -2.12. The number of nitrogens with two attached hydrogens (primary N) is 1. The lowest BCUT2D eigenvalue weighted by molar-refractivity contribution is 0.118. The van der Waals surface area contributed by atoms with E-state index in [-0.39, 0.29) is 0 Å². The highest BCUT2D eigenvalue weighted by atomic mass is 16.5. The van der Waals surface area contributed by atoms with Crippen LogP contribution in [0, 0.1) is 0 Å². The highest BCUT2D eigenvalue weighted by molar-refractivity contribution is 4.83. The maximum atomic E-state index is 5.30. The molecule has 0 aliphatic rings. The number of rotatable bonds is 5. The van der Waals surface area contributed by atoms with E-state index in [2.05, 4.69) is 23.9 Å². The minimum atomic E-state index is 0.318. The fraction of sp³-hybridized carbons (Fsp3) is 0.750. The summed E-state index contributed by atoms with van der Waals surface area (Å²) in [7, 11) is 0. The van der Waals surface area contributed by atoms with Crippen molar-refractivity contribution in [1.29, 1.82) is 0 Å². The van der Waals surface area contributed by atoms with Crippen molar-refractivity contribution in [2.75, 3.05) is 13.2 Å². The van der Waals surface area contributed by atoms with E-state index in [1.807, 2.05) is 4.68 Å². The molecular formula is C8H16N4O. The van der Waals surface area contributed by atoms with Gasteiger partial charge in [-0.15, -0.1) is 0 Å². The molecule has 1 rings (SSSR count). The van der Waals surface area contributed by atoms with Crippen LogP contribution in [0.2, 0.25) is 0 Å². The van der Waals surface area contributed by atoms with Crippen molar-refractivity contribution in [2.45, 2.75) is 26.5 Å². The third-order valence-electron chi connectivity index (χ3n) is 1.63. The van der Waals surface area contributed by atoms with Gasteiger partial charge in [0.25, 0.3) is 0 Å². The maximum absolute atomic E-state index is 5.30. The lowest BCUT2D eigenvalue weighted by Gasteiger charge is -2.08. The lowest BCUT2D eigenvalue weighted by atomic mass is 10.4. The summed E-state index contributed by atoms with van der Waals surface area (Å²) >= 11 is 0. The third kappa shape index (κ3) is 2.78. The quantitative estimate of drug-likeness (QED) is 0.670. The van der Waals surface area contributed by atoms with E-state index in [1.54, 1.807) is 6.33 Å². The predicted molar refractivity (Wildman–Crippen MR) is 49.1 cm³/mol. The van der Waals surface area contributed by atoms with Crippen molar-refractivity contribution in [3.8, 4) is 0 Å². The van der Waals surface area contributed by atoms with E-state index in [0.29, 0.717) is 25.8 Å². The van der Waals surface area contributed by atoms with Gasteiger partial charge in [-0.3, -0.25) is 0 Å². The van der Waals surface area contributed by atoms with Gasteiger partial charge in [-0.2, -0.15) is 5.10 Å². The van der Waals surface area contributed by atoms with Crippen LogP contribution in [0.4, 0.5) is 0 Å². The molecule has 2 N–H and O–H groups in total. The van der Waals surface area contributed by atoms with Gasteiger partial charge in [0, 0.05) is 12.6 Å². The molecule has 1 aromatic heterocycles. The second-order valence-electron chi connectivity index (χ2n) is 3.06. The summed E-state index contributed by atoms with van der Waals surface area (Å²) in [6.45, 7) is 5.69. The molecule has 1 aromatic rings. The molecule has 0 bridgehead atoms. The highest BCUT2D eigenvalue weighted by Crippen LogP contribution is 2.05. The Balaban J connectivity index is 2.50. The van der Waals surface area contributed by atoms with E-state index in [1.165, 1.54) is 0 Å². The van der Waals surface area contributed by atoms with Crippen LogP contribution in [0.5, 0.6) is 0 Å². The molecule has 0 radical (unpaired) electrons. The van der Waals surface area contributed by atoms with Gasteiger partial charge in [0.1, 0.15) is 12.9 Å². The number of hydrogen-bond acceptors (Lipinski definition) is 4. The Labute approximate surface area is 77.9 Å². The summed E-state index contributed by atoms with van der Waals surface area (Å²) in [6, 6.07) is 0.318. The third-order valence-corrected chi connectivity index (χ3v) is 1.63. The molecule has 0 saturated heterocycles. The molecular weight excluding hydrogens is 168 g/mol. The maximum Gasteiger partial charge on any atom is 0.153 e. The van der Waals surface area contributed by atoms with Gasteiger partial charge in [-0.1, -0.05) is 0 Å². The number of hydrogen-bond donors (Lipinski definition) is 1. The molecule has 0 atom stereocenters. The molecule has 0 aliphatic heterocycles. The van der Waals surface area contributed by atoms with E-state index in [9.17, 15) is 0 Å². The van der Waals surface area contributed by atoms with E-state index < -0.39 is 0 Å². The normalized spacial score (nSPS) is 11.1. The van der Waals surface area contributed by atoms with Crippen molar-refractivity contribution in [3.63, 3.8) is 0 Å². The summed E-state index contributed by atoms with van der Waals surface area (Å²) in [4.78, 5) is 4.10. The Hall–Kier alpha value is -0.940. The van der Waals surface area contributed by atoms with Gasteiger partial charge in [-0.25, -0.2) is 9.67 Å². The first-order chi connectivity index (χ1) is 6.25. The summed E-state index contributed by atoms with van der Waals surface area (Å²) in [5, 5.41) is 4.09. The Morgan fingerprint density at radius 1 is 1.62 bits per heavy atom. The molecule has 0 aliphatic carbocycles. The number of nitrogens with zero attached hydrogens (tertiary/aromatic N) is 3. The molecule has 0 amide bonds. The first kappa shape index (κ1) is 10.1. The van der Waals surface area contributed by atoms with Gasteiger partial charge >= 0.3 is 0 Å². The van der Waals surface area contributed by atoms with Crippen molar-refractivity contribution in [1.82, 2.24) is 14.8 Å². The Morgan fingerprint density at radius 2 is 2.38 bits per heavy atom. The Bertz CT molecular complexity index is 246. The van der Waals surface area contributed by atoms with Crippen LogP contribution in [0.15, 0.2) is 6.33 Å². The monoisotopic (exact) mass is 184 g/mol. The summed E-state index contributed by atoms with van der Waals surface area (Å²) < 4.78 is 7.11. The summed E-state index contributed by atoms with van der Waals surface area (Å²) in [6.07, 6.45) is 1.54. The second kappa shape index (κ2) is 4.94. The Kier molecular flexibility index (Phi) is 3.85. The second-order valence-corrected chi connectivity index (χ2v) is 3.06. The predicted octanol–water partition coefficient (Wildman–Crippen LogP) is 0.334. The molecule has 5 heteroatoms. The fourth-order valence-corrected chi connectivity index (χ4v) is 1.06. The van der Waals surface area contributed by atoms with Crippen molar-refractivity contribution in [2.24, 2.45) is 5.73 Å². The fourth-order valence-electron chi connectivity index (χ4n) is 1.06. The highest BCUT2D eigenvalue weighted by Gasteiger charge is 2.06. The molecule has 13 heavy (non-hydrogen) atoms. The SMILES string of the molecule is CC(C)n1ncnc1COCCN. The molecule has 0 spiro atoms. The average Bonchev–Trinajstić information content (AvgIpc) is 2.53. The minimum Gasteiger partial charge on any atom is -0.372 e. The Morgan fingerprint density at radius 3 is 3.00 bits per heavy atom. The van der Waals surface area contributed by atoms with Crippen molar-refractivity contribution in [3.05, 3.63) is 12.2 Å². The zero-order chi connectivity index (χ0) is 9.68. The van der Waals surface area contributed by atoms with Gasteiger partial charge in [0.15, 0.2) is 5.82 Å². The van der Waals surface area contributed by atoms with Crippen LogP contribution in [0.3, 0.4) is 0 Å². The molecule has 1 heterocycles. The number of ether oxygens (including phenoxy) is 1. The van der Waals surface area contributed by atoms with Gasteiger partial charge < -0.3 is 10.5 Å². The summed E-state index contributed by atoms with van der Waals surface area (Å²) in [5.74, 6) is 0.850. The molecule has 0 aromatic carbocycles. The zero-order valence-corrected chi connectivity index (χ0v) is 8.10. The van der Waals surface area contributed by atoms with Crippen LogP contribution in [-0.2, 0) is 11.3 Å². The van der Waals surface area contributed by atoms with Crippen molar-refractivity contribution < 1.29 is 4.74 Å². The van der Waals surface area contributed by atoms with Gasteiger partial charge in [-0.05, 0) is 13.8 Å². The molecule has 5 nitrogen and oxygen atoms in total. The molecule has 74 valence electrons. The topological polar surface area (TPSA) is 66.0 Å². The van der Waals surface area contributed by atoms with Crippen LogP contribution < -0.4 is 5.73 Å². The van der Waals surface area contributed by atoms with Crippen LogP contribution in [-0.4, -0.2) is 27.9 Å². The van der Waals surface area contributed by atoms with E-state index >= 15 is 0 Å². The van der Waals surface area contributed by atoms with Crippen LogP contribution in [0.25, 0.3) is 0 Å². The van der Waals surface area contributed by atoms with E-state index in [4.69, 9.17) is 10.5 Å². The van der Waals surface area contributed by atoms with Crippen molar-refractivity contribution >= 4 is 0 Å². The minimum absolute atomic E-state index is 0.318. The van der Waals surface area contributed by atoms with Gasteiger partial charge in [0.05, 0.1) is 6.61 Å². The van der Waals surface area contributed by atoms with Gasteiger partial charge in [0.2, 0.25) is 0 Å². The zero-order valence-electron chi connectivity index (χ0n) is 8.10. The molecule has 0 fully saturated rings. The smallest absolute Gasteiger partial charge is 0.153 e. The first-order valence-corrected chi connectivity index (χ1v) is 4.42. The average molecular weight is 184 g/mol. The molecule has 0 unspecified atom stereocenters. The summed E-state index contributed by atoms with van der Waals surface area (Å²) in [5.41, 5.74) is 5.30. The number of aromatic nitrogens is 3. The largest absolute Gasteiger partial charge is 0.372 e. The first-order valence-electron chi connectivity index (χ1n) is 4.42. The van der Waals surface area contributed by atoms with E-state index in [0.717, 1.165) is 5.82 Å². The standard InChI is InChI=1S/C8H16N4O/c1-7(2)12-8(10-6-11-12)5-13-4-3-9/h6-7H,3-5,9H2,1-2H3. The molecule has 0 saturated carbocycles. The van der Waals surface area contributed by atoms with Crippen LogP contribution in [0.1, 0.15) is 25.7 Å².